The normalized spacial score (nSPS) is 13.8. The highest BCUT2D eigenvalue weighted by molar-refractivity contribution is 4.72. The first-order valence-electron chi connectivity index (χ1n) is 4.73. The Morgan fingerprint density at radius 1 is 1.17 bits per heavy atom. The molecule has 0 aromatic heterocycles. The van der Waals surface area contributed by atoms with Crippen LogP contribution in [0.1, 0.15) is 34.1 Å². The summed E-state index contributed by atoms with van der Waals surface area (Å²) in [7, 11) is 0. The highest BCUT2D eigenvalue weighted by Gasteiger charge is 2.02. The van der Waals surface area contributed by atoms with E-state index in [1.807, 2.05) is 20.8 Å². The summed E-state index contributed by atoms with van der Waals surface area (Å²) in [5.41, 5.74) is 0. The van der Waals surface area contributed by atoms with E-state index in [0.717, 1.165) is 13.0 Å². The topological polar surface area (TPSA) is 18.5 Å². The van der Waals surface area contributed by atoms with Crippen molar-refractivity contribution in [2.75, 3.05) is 13.2 Å². The largest absolute Gasteiger partial charge is 0.378 e. The SMILES string of the molecule is CCCOC(C)[CH]COC(C)C. The van der Waals surface area contributed by atoms with Crippen molar-refractivity contribution in [2.24, 2.45) is 0 Å². The van der Waals surface area contributed by atoms with Crippen molar-refractivity contribution in [1.29, 1.82) is 0 Å². The van der Waals surface area contributed by atoms with Crippen molar-refractivity contribution in [3.8, 4) is 0 Å². The van der Waals surface area contributed by atoms with Gasteiger partial charge in [-0.1, -0.05) is 6.92 Å². The zero-order chi connectivity index (χ0) is 9.40. The molecule has 2 nitrogen and oxygen atoms in total. The van der Waals surface area contributed by atoms with Gasteiger partial charge in [-0.2, -0.15) is 0 Å². The molecule has 12 heavy (non-hydrogen) atoms. The van der Waals surface area contributed by atoms with Gasteiger partial charge in [0.15, 0.2) is 0 Å². The van der Waals surface area contributed by atoms with Crippen molar-refractivity contribution in [3.05, 3.63) is 6.42 Å². The van der Waals surface area contributed by atoms with Crippen molar-refractivity contribution in [1.82, 2.24) is 0 Å². The summed E-state index contributed by atoms with van der Waals surface area (Å²) in [6, 6.07) is 0. The monoisotopic (exact) mass is 173 g/mol. The molecule has 73 valence electrons. The van der Waals surface area contributed by atoms with Gasteiger partial charge in [0.05, 0.1) is 18.8 Å². The first-order chi connectivity index (χ1) is 5.66. The maximum absolute atomic E-state index is 5.44. The standard InChI is InChI=1S/C10H21O2/c1-5-7-12-10(4)6-8-11-9(2)3/h6,9-10H,5,7-8H2,1-4H3. The summed E-state index contributed by atoms with van der Waals surface area (Å²) >= 11 is 0. The fourth-order valence-corrected chi connectivity index (χ4v) is 0.755. The highest BCUT2D eigenvalue weighted by Crippen LogP contribution is 1.99. The molecule has 1 atom stereocenters. The van der Waals surface area contributed by atoms with Crippen LogP contribution >= 0.6 is 0 Å². The summed E-state index contributed by atoms with van der Waals surface area (Å²) < 4.78 is 10.8. The zero-order valence-electron chi connectivity index (χ0n) is 8.67. The number of hydrogen-bond acceptors (Lipinski definition) is 2. The Bertz CT molecular complexity index is 91.8. The zero-order valence-corrected chi connectivity index (χ0v) is 8.67. The first kappa shape index (κ1) is 11.9. The Morgan fingerprint density at radius 3 is 2.33 bits per heavy atom. The van der Waals surface area contributed by atoms with Gasteiger partial charge in [0.25, 0.3) is 0 Å². The average Bonchev–Trinajstić information content (AvgIpc) is 2.00. The van der Waals surface area contributed by atoms with Crippen LogP contribution in [0, 0.1) is 6.42 Å². The Morgan fingerprint density at radius 2 is 1.83 bits per heavy atom. The molecule has 0 saturated carbocycles. The van der Waals surface area contributed by atoms with E-state index in [4.69, 9.17) is 9.47 Å². The number of rotatable bonds is 7. The molecule has 1 radical (unpaired) electrons. The fourth-order valence-electron chi connectivity index (χ4n) is 0.755. The molecular weight excluding hydrogens is 152 g/mol. The second-order valence-corrected chi connectivity index (χ2v) is 3.19. The molecule has 0 bridgehead atoms. The van der Waals surface area contributed by atoms with Crippen molar-refractivity contribution in [3.63, 3.8) is 0 Å². The summed E-state index contributed by atoms with van der Waals surface area (Å²) in [5, 5.41) is 0. The lowest BCUT2D eigenvalue weighted by Gasteiger charge is -2.13. The molecule has 0 saturated heterocycles. The molecule has 0 aliphatic carbocycles. The molecular formula is C10H21O2. The molecule has 0 fully saturated rings. The molecule has 2 heteroatoms. The van der Waals surface area contributed by atoms with Crippen molar-refractivity contribution in [2.45, 2.75) is 46.3 Å². The average molecular weight is 173 g/mol. The van der Waals surface area contributed by atoms with E-state index >= 15 is 0 Å². The fraction of sp³-hybridized carbons (Fsp3) is 0.900. The molecule has 0 aromatic carbocycles. The van der Waals surface area contributed by atoms with Crippen LogP contribution in [0.2, 0.25) is 0 Å². The predicted molar refractivity (Wildman–Crippen MR) is 51.1 cm³/mol. The van der Waals surface area contributed by atoms with Gasteiger partial charge < -0.3 is 9.47 Å². The Hall–Kier alpha value is -0.0800. The van der Waals surface area contributed by atoms with Gasteiger partial charge in [-0.15, -0.1) is 0 Å². The van der Waals surface area contributed by atoms with Gasteiger partial charge in [0.1, 0.15) is 0 Å². The lowest BCUT2D eigenvalue weighted by atomic mass is 10.3. The molecule has 0 N–H and O–H groups in total. The minimum absolute atomic E-state index is 0.212. The highest BCUT2D eigenvalue weighted by atomic mass is 16.5. The van der Waals surface area contributed by atoms with Crippen LogP contribution in [-0.4, -0.2) is 25.4 Å². The van der Waals surface area contributed by atoms with Gasteiger partial charge in [-0.25, -0.2) is 0 Å². The Balaban J connectivity index is 3.13. The minimum atomic E-state index is 0.212. The van der Waals surface area contributed by atoms with Crippen LogP contribution < -0.4 is 0 Å². The van der Waals surface area contributed by atoms with E-state index in [-0.39, 0.29) is 6.10 Å². The van der Waals surface area contributed by atoms with Crippen LogP contribution in [-0.2, 0) is 9.47 Å². The third-order valence-corrected chi connectivity index (χ3v) is 1.44. The maximum atomic E-state index is 5.44. The lowest BCUT2D eigenvalue weighted by molar-refractivity contribution is 0.0502. The quantitative estimate of drug-likeness (QED) is 0.588. The molecule has 0 aliphatic rings. The third-order valence-electron chi connectivity index (χ3n) is 1.44. The van der Waals surface area contributed by atoms with Crippen LogP contribution in [0.5, 0.6) is 0 Å². The molecule has 0 amide bonds. The lowest BCUT2D eigenvalue weighted by Crippen LogP contribution is -2.15. The van der Waals surface area contributed by atoms with E-state index in [1.165, 1.54) is 0 Å². The van der Waals surface area contributed by atoms with Gasteiger partial charge in [-0.05, 0) is 27.2 Å². The van der Waals surface area contributed by atoms with Crippen molar-refractivity contribution >= 4 is 0 Å². The van der Waals surface area contributed by atoms with Crippen LogP contribution in [0.15, 0.2) is 0 Å². The van der Waals surface area contributed by atoms with Crippen LogP contribution in [0.3, 0.4) is 0 Å². The summed E-state index contributed by atoms with van der Waals surface area (Å²) in [6.07, 6.45) is 3.64. The molecule has 0 aromatic rings. The molecule has 0 heterocycles. The third kappa shape index (κ3) is 8.02. The van der Waals surface area contributed by atoms with Gasteiger partial charge in [0.2, 0.25) is 0 Å². The Kier molecular flexibility index (Phi) is 7.51. The van der Waals surface area contributed by atoms with E-state index in [1.54, 1.807) is 0 Å². The number of hydrogen-bond donors (Lipinski definition) is 0. The van der Waals surface area contributed by atoms with Crippen LogP contribution in [0.25, 0.3) is 0 Å². The maximum Gasteiger partial charge on any atom is 0.0601 e. The van der Waals surface area contributed by atoms with Gasteiger partial charge in [0, 0.05) is 13.0 Å². The number of ether oxygens (including phenoxy) is 2. The van der Waals surface area contributed by atoms with E-state index in [0.29, 0.717) is 12.7 Å². The van der Waals surface area contributed by atoms with Gasteiger partial charge >= 0.3 is 0 Å². The van der Waals surface area contributed by atoms with Crippen molar-refractivity contribution < 1.29 is 9.47 Å². The molecule has 0 aliphatic heterocycles. The van der Waals surface area contributed by atoms with Gasteiger partial charge in [-0.3, -0.25) is 0 Å². The molecule has 1 unspecified atom stereocenters. The Labute approximate surface area is 76.3 Å². The second kappa shape index (κ2) is 7.56. The summed E-state index contributed by atoms with van der Waals surface area (Å²) in [6.45, 7) is 9.73. The first-order valence-corrected chi connectivity index (χ1v) is 4.73. The molecule has 0 rings (SSSR count). The summed E-state index contributed by atoms with van der Waals surface area (Å²) in [4.78, 5) is 0. The smallest absolute Gasteiger partial charge is 0.0601 e. The minimum Gasteiger partial charge on any atom is -0.378 e. The van der Waals surface area contributed by atoms with Crippen LogP contribution in [0.4, 0.5) is 0 Å². The summed E-state index contributed by atoms with van der Waals surface area (Å²) in [5.74, 6) is 0. The van der Waals surface area contributed by atoms with E-state index < -0.39 is 0 Å². The van der Waals surface area contributed by atoms with E-state index in [9.17, 15) is 0 Å². The van der Waals surface area contributed by atoms with E-state index in [2.05, 4.69) is 13.3 Å². The molecule has 0 spiro atoms. The predicted octanol–water partition coefficient (Wildman–Crippen LogP) is 2.43. The second-order valence-electron chi connectivity index (χ2n) is 3.19.